The molecule has 0 bridgehead atoms. The van der Waals surface area contributed by atoms with Crippen molar-refractivity contribution in [3.63, 3.8) is 0 Å². The molecule has 3 N–H and O–H groups in total. The van der Waals surface area contributed by atoms with Crippen LogP contribution < -0.4 is 16.0 Å². The minimum absolute atomic E-state index is 0.0364. The van der Waals surface area contributed by atoms with E-state index in [0.29, 0.717) is 18.2 Å². The number of hydrogen-bond donors (Lipinski definition) is 3. The van der Waals surface area contributed by atoms with Crippen LogP contribution in [0.5, 0.6) is 0 Å². The normalized spacial score (nSPS) is 11.5. The Balaban J connectivity index is 2.29. The van der Waals surface area contributed by atoms with Crippen LogP contribution in [0, 0.1) is 0 Å². The van der Waals surface area contributed by atoms with Crippen molar-refractivity contribution in [3.8, 4) is 0 Å². The second kappa shape index (κ2) is 8.48. The number of amides is 1. The molecule has 0 saturated carbocycles. The molecule has 0 radical (unpaired) electrons. The van der Waals surface area contributed by atoms with Crippen LogP contribution in [0.4, 0.5) is 0 Å². The first-order valence-corrected chi connectivity index (χ1v) is 6.90. The van der Waals surface area contributed by atoms with E-state index in [1.54, 1.807) is 6.92 Å². The summed E-state index contributed by atoms with van der Waals surface area (Å²) in [5, 5.41) is 9.36. The van der Waals surface area contributed by atoms with Crippen molar-refractivity contribution >= 4 is 23.2 Å². The highest BCUT2D eigenvalue weighted by molar-refractivity contribution is 7.80. The van der Waals surface area contributed by atoms with Crippen molar-refractivity contribution in [1.29, 1.82) is 0 Å². The summed E-state index contributed by atoms with van der Waals surface area (Å²) in [5.74, 6) is -0.0364. The van der Waals surface area contributed by atoms with Crippen LogP contribution in [0.2, 0.25) is 0 Å². The molecule has 0 fully saturated rings. The summed E-state index contributed by atoms with van der Waals surface area (Å²) in [7, 11) is 0. The number of rotatable bonds is 6. The van der Waals surface area contributed by atoms with Crippen LogP contribution in [0.1, 0.15) is 25.8 Å². The van der Waals surface area contributed by atoms with Crippen LogP contribution in [0.3, 0.4) is 0 Å². The number of benzene rings is 1. The SMILES string of the molecule is CCCNC(=O)[C@H](C)NC(=S)NCc1ccccc1. The Kier molecular flexibility index (Phi) is 6.89. The molecule has 1 atom stereocenters. The minimum Gasteiger partial charge on any atom is -0.359 e. The molecule has 1 rings (SSSR count). The maximum Gasteiger partial charge on any atom is 0.242 e. The maximum atomic E-state index is 11.7. The Morgan fingerprint density at radius 2 is 1.95 bits per heavy atom. The number of hydrogen-bond acceptors (Lipinski definition) is 2. The van der Waals surface area contributed by atoms with Crippen LogP contribution in [-0.2, 0) is 11.3 Å². The molecule has 0 aliphatic rings. The molecule has 1 amide bonds. The topological polar surface area (TPSA) is 53.2 Å². The van der Waals surface area contributed by atoms with Gasteiger partial charge in [0.2, 0.25) is 5.91 Å². The highest BCUT2D eigenvalue weighted by Crippen LogP contribution is 1.97. The lowest BCUT2D eigenvalue weighted by atomic mass is 10.2. The van der Waals surface area contributed by atoms with E-state index in [9.17, 15) is 4.79 Å². The largest absolute Gasteiger partial charge is 0.359 e. The van der Waals surface area contributed by atoms with Gasteiger partial charge in [-0.3, -0.25) is 4.79 Å². The van der Waals surface area contributed by atoms with E-state index in [-0.39, 0.29) is 11.9 Å². The van der Waals surface area contributed by atoms with E-state index >= 15 is 0 Å². The molecule has 0 saturated heterocycles. The Bertz CT molecular complexity index is 408. The molecule has 1 aromatic rings. The van der Waals surface area contributed by atoms with Crippen molar-refractivity contribution in [2.45, 2.75) is 32.9 Å². The van der Waals surface area contributed by atoms with Gasteiger partial charge in [-0.2, -0.15) is 0 Å². The van der Waals surface area contributed by atoms with Crippen molar-refractivity contribution in [2.24, 2.45) is 0 Å². The predicted molar refractivity (Wildman–Crippen MR) is 81.8 cm³/mol. The molecule has 19 heavy (non-hydrogen) atoms. The van der Waals surface area contributed by atoms with E-state index in [1.807, 2.05) is 37.3 Å². The first-order chi connectivity index (χ1) is 9.13. The fourth-order valence-corrected chi connectivity index (χ4v) is 1.74. The average molecular weight is 279 g/mol. The van der Waals surface area contributed by atoms with Crippen LogP contribution in [0.25, 0.3) is 0 Å². The van der Waals surface area contributed by atoms with Gasteiger partial charge in [0.15, 0.2) is 5.11 Å². The Labute approximate surface area is 120 Å². The van der Waals surface area contributed by atoms with Gasteiger partial charge in [-0.25, -0.2) is 0 Å². The quantitative estimate of drug-likeness (QED) is 0.692. The van der Waals surface area contributed by atoms with Gasteiger partial charge in [-0.05, 0) is 31.1 Å². The Morgan fingerprint density at radius 3 is 2.58 bits per heavy atom. The van der Waals surface area contributed by atoms with E-state index in [2.05, 4.69) is 16.0 Å². The third-order valence-corrected chi connectivity index (χ3v) is 2.85. The van der Waals surface area contributed by atoms with Gasteiger partial charge in [-0.15, -0.1) is 0 Å². The molecule has 0 aliphatic heterocycles. The summed E-state index contributed by atoms with van der Waals surface area (Å²) < 4.78 is 0. The lowest BCUT2D eigenvalue weighted by Crippen LogP contribution is -2.48. The van der Waals surface area contributed by atoms with Gasteiger partial charge in [0.05, 0.1) is 0 Å². The van der Waals surface area contributed by atoms with Crippen LogP contribution in [0.15, 0.2) is 30.3 Å². The first kappa shape index (κ1) is 15.4. The van der Waals surface area contributed by atoms with Gasteiger partial charge >= 0.3 is 0 Å². The number of nitrogens with one attached hydrogen (secondary N) is 3. The molecule has 0 aromatic heterocycles. The highest BCUT2D eigenvalue weighted by atomic mass is 32.1. The first-order valence-electron chi connectivity index (χ1n) is 6.49. The smallest absolute Gasteiger partial charge is 0.242 e. The maximum absolute atomic E-state index is 11.7. The number of carbonyl (C=O) groups is 1. The molecule has 4 nitrogen and oxygen atoms in total. The number of thiocarbonyl (C=S) groups is 1. The summed E-state index contributed by atoms with van der Waals surface area (Å²) in [5.41, 5.74) is 1.15. The lowest BCUT2D eigenvalue weighted by Gasteiger charge is -2.16. The zero-order chi connectivity index (χ0) is 14.1. The van der Waals surface area contributed by atoms with Crippen molar-refractivity contribution in [3.05, 3.63) is 35.9 Å². The van der Waals surface area contributed by atoms with Crippen molar-refractivity contribution in [1.82, 2.24) is 16.0 Å². The van der Waals surface area contributed by atoms with E-state index < -0.39 is 0 Å². The van der Waals surface area contributed by atoms with E-state index in [1.165, 1.54) is 0 Å². The fraction of sp³-hybridized carbons (Fsp3) is 0.429. The summed E-state index contributed by atoms with van der Waals surface area (Å²) in [6.45, 7) is 5.15. The van der Waals surface area contributed by atoms with Gasteiger partial charge in [0.1, 0.15) is 6.04 Å². The van der Waals surface area contributed by atoms with Gasteiger partial charge < -0.3 is 16.0 Å². The third-order valence-electron chi connectivity index (χ3n) is 2.59. The molecule has 1 aromatic carbocycles. The van der Waals surface area contributed by atoms with Crippen molar-refractivity contribution in [2.75, 3.05) is 6.54 Å². The van der Waals surface area contributed by atoms with E-state index in [4.69, 9.17) is 12.2 Å². The molecule has 0 aliphatic carbocycles. The summed E-state index contributed by atoms with van der Waals surface area (Å²) >= 11 is 5.16. The Hall–Kier alpha value is -1.62. The third kappa shape index (κ3) is 6.20. The van der Waals surface area contributed by atoms with Crippen molar-refractivity contribution < 1.29 is 4.79 Å². The second-order valence-electron chi connectivity index (χ2n) is 4.33. The summed E-state index contributed by atoms with van der Waals surface area (Å²) in [6.07, 6.45) is 0.926. The predicted octanol–water partition coefficient (Wildman–Crippen LogP) is 1.57. The lowest BCUT2D eigenvalue weighted by molar-refractivity contribution is -0.122. The zero-order valence-corrected chi connectivity index (χ0v) is 12.2. The zero-order valence-electron chi connectivity index (χ0n) is 11.4. The Morgan fingerprint density at radius 1 is 1.26 bits per heavy atom. The van der Waals surface area contributed by atoms with Gasteiger partial charge in [0, 0.05) is 13.1 Å². The fourth-order valence-electron chi connectivity index (χ4n) is 1.49. The average Bonchev–Trinajstić information content (AvgIpc) is 2.43. The molecule has 0 heterocycles. The summed E-state index contributed by atoms with van der Waals surface area (Å²) in [4.78, 5) is 11.7. The second-order valence-corrected chi connectivity index (χ2v) is 4.73. The molecular weight excluding hydrogens is 258 g/mol. The summed E-state index contributed by atoms with van der Waals surface area (Å²) in [6, 6.07) is 9.64. The van der Waals surface area contributed by atoms with E-state index in [0.717, 1.165) is 12.0 Å². The van der Waals surface area contributed by atoms with Crippen LogP contribution in [-0.4, -0.2) is 23.6 Å². The highest BCUT2D eigenvalue weighted by Gasteiger charge is 2.12. The molecule has 104 valence electrons. The van der Waals surface area contributed by atoms with Gasteiger partial charge in [-0.1, -0.05) is 37.3 Å². The minimum atomic E-state index is -0.331. The monoisotopic (exact) mass is 279 g/mol. The molecule has 5 heteroatoms. The molecule has 0 spiro atoms. The standard InChI is InChI=1S/C14H21N3OS/c1-3-9-15-13(18)11(2)17-14(19)16-10-12-7-5-4-6-8-12/h4-8,11H,3,9-10H2,1-2H3,(H,15,18)(H2,16,17,19)/t11-/m0/s1. The number of carbonyl (C=O) groups excluding carboxylic acids is 1. The molecule has 0 unspecified atom stereocenters. The van der Waals surface area contributed by atoms with Crippen LogP contribution >= 0.6 is 12.2 Å². The van der Waals surface area contributed by atoms with Gasteiger partial charge in [0.25, 0.3) is 0 Å². The molecular formula is C14H21N3OS.